The van der Waals surface area contributed by atoms with Gasteiger partial charge in [-0.1, -0.05) is 50.6 Å². The number of ether oxygens (including phenoxy) is 14. The number of amides is 1. The first-order chi connectivity index (χ1) is 45.8. The molecule has 28 heteroatoms. The maximum absolute atomic E-state index is 15.6. The lowest BCUT2D eigenvalue weighted by atomic mass is 9.49. The van der Waals surface area contributed by atoms with Gasteiger partial charge in [-0.3, -0.25) is 24.4 Å². The third-order valence-electron chi connectivity index (χ3n) is 22.0. The zero-order valence-corrected chi connectivity index (χ0v) is 57.5. The monoisotopic (exact) mass is 1370 g/mol. The summed E-state index contributed by atoms with van der Waals surface area (Å²) in [6.07, 6.45) is -6.29. The quantitative estimate of drug-likeness (QED) is 0.0265. The van der Waals surface area contributed by atoms with Gasteiger partial charge >= 0.3 is 24.0 Å². The topological polar surface area (TPSA) is 371 Å². The van der Waals surface area contributed by atoms with Gasteiger partial charge in [0.1, 0.15) is 42.5 Å². The molecule has 1 saturated carbocycles. The van der Waals surface area contributed by atoms with Crippen molar-refractivity contribution in [1.82, 2.24) is 10.5 Å². The number of ketones is 1. The Bertz CT molecular complexity index is 3050. The molecule has 0 aromatic rings. The smallest absolute Gasteiger partial charge is 0.407 e. The number of nitrogens with zero attached hydrogens (tertiary/aromatic N) is 1. The fourth-order valence-corrected chi connectivity index (χ4v) is 17.1. The summed E-state index contributed by atoms with van der Waals surface area (Å²) in [6, 6.07) is -1.08. The number of rotatable bonds is 16. The minimum atomic E-state index is -2.23. The third kappa shape index (κ3) is 15.3. The third-order valence-corrected chi connectivity index (χ3v) is 22.0. The van der Waals surface area contributed by atoms with Gasteiger partial charge in [0.05, 0.1) is 85.6 Å². The Morgan fingerprint density at radius 3 is 2.05 bits per heavy atom. The van der Waals surface area contributed by atoms with Crippen LogP contribution in [-0.4, -0.2) is 215 Å². The van der Waals surface area contributed by atoms with Crippen LogP contribution in [0.15, 0.2) is 58.4 Å². The number of esters is 3. The molecule has 0 radical (unpaired) electrons. The summed E-state index contributed by atoms with van der Waals surface area (Å²) in [5, 5.41) is 72.7. The average molecular weight is 1370 g/mol. The molecule has 29 atom stereocenters. The number of hydroxylamine groups is 2. The van der Waals surface area contributed by atoms with Crippen LogP contribution in [0.3, 0.4) is 0 Å². The second kappa shape index (κ2) is 30.2. The van der Waals surface area contributed by atoms with E-state index in [0.29, 0.717) is 49.5 Å². The fourth-order valence-electron chi connectivity index (χ4n) is 17.1. The number of hydrogen-bond donors (Lipinski definition) is 6. The fraction of sp³-hybridized carbons (Fsp3) is 0.768. The van der Waals surface area contributed by atoms with Crippen LogP contribution >= 0.6 is 0 Å². The molecule has 0 aromatic carbocycles. The molecular weight excluding hydrogens is 1270 g/mol. The Kier molecular flexibility index (Phi) is 23.2. The number of aliphatic hydroxyl groups is 4. The normalized spacial score (nSPS) is 44.9. The highest BCUT2D eigenvalue weighted by Gasteiger charge is 2.65. The number of hydrogen-bond acceptors (Lipinski definition) is 27. The van der Waals surface area contributed by atoms with E-state index in [1.165, 1.54) is 26.8 Å². The van der Waals surface area contributed by atoms with E-state index in [1.807, 2.05) is 45.9 Å². The standard InChI is InChI=1S/C69H99N2O26/c1-31-14-18-48(91-56-28-67(11,71(82)83)62(38(8)89-56)70-66(81)84-13)32(2)23-44-46(76)24-41(29-72)27-69(44)64(79)57(65(80)97-69)63(78)68(12)43(31)16-15-42-58(68)33(3)22-34(4)59(42)96-55-26-50(61(90-40(10)74)51(94-55)30-85-39(9)73)93-52-21-19-49(36(6)87-52)92-54-25-47(77)60(37(7)88-54)95-53-20-17-45(75)35(5)86-53/h14-16,23-24,29,33-38,42-56,58-62,75-78,82H,17-22,25-28,30H2,1-13H3,(H,70,81)/q-1. The van der Waals surface area contributed by atoms with Gasteiger partial charge in [0, 0.05) is 69.6 Å². The van der Waals surface area contributed by atoms with Gasteiger partial charge in [-0.15, -0.1) is 0 Å². The van der Waals surface area contributed by atoms with E-state index in [-0.39, 0.29) is 54.9 Å². The predicted molar refractivity (Wildman–Crippen MR) is 336 cm³/mol. The average Bonchev–Trinajstić information content (AvgIpc) is 1.68. The minimum Gasteiger partial charge on any atom is -0.762 e. The van der Waals surface area contributed by atoms with Crippen LogP contribution in [0.2, 0.25) is 0 Å². The van der Waals surface area contributed by atoms with E-state index in [0.717, 1.165) is 7.11 Å². The number of carbonyl (C=O) groups excluding carboxylic acids is 6. The van der Waals surface area contributed by atoms with Gasteiger partial charge in [0.15, 0.2) is 43.2 Å². The Balaban J connectivity index is 0.930. The summed E-state index contributed by atoms with van der Waals surface area (Å²) in [5.74, 6) is -7.66. The van der Waals surface area contributed by atoms with Gasteiger partial charge in [0.2, 0.25) is 5.78 Å². The lowest BCUT2D eigenvalue weighted by molar-refractivity contribution is -0.333. The molecule has 10 rings (SSSR count). The Morgan fingerprint density at radius 1 is 0.732 bits per heavy atom. The maximum Gasteiger partial charge on any atom is 0.407 e. The predicted octanol–water partition coefficient (Wildman–Crippen LogP) is 5.82. The largest absolute Gasteiger partial charge is 0.762 e. The van der Waals surface area contributed by atoms with E-state index in [4.69, 9.17) is 66.3 Å². The van der Waals surface area contributed by atoms with Crippen LogP contribution in [-0.2, 0) is 90.3 Å². The number of nitrogens with one attached hydrogen (secondary N) is 1. The molecule has 1 spiro atoms. The summed E-state index contributed by atoms with van der Waals surface area (Å²) >= 11 is 0. The Labute approximate surface area is 565 Å². The second-order valence-electron chi connectivity index (χ2n) is 28.9. The number of allylic oxidation sites excluding steroid dienone is 3. The summed E-state index contributed by atoms with van der Waals surface area (Å²) in [4.78, 5) is 81.0. The van der Waals surface area contributed by atoms with Gasteiger partial charge in [0.25, 0.3) is 0 Å². The molecule has 29 unspecified atom stereocenters. The second-order valence-corrected chi connectivity index (χ2v) is 28.9. The van der Waals surface area contributed by atoms with E-state index < -0.39 is 211 Å². The number of aldehydes is 1. The highest BCUT2D eigenvalue weighted by atomic mass is 16.8. The number of Topliss-reactive ketones (excluding diaryl/α,β-unsaturated/α-hetero) is 1. The molecule has 542 valence electrons. The summed E-state index contributed by atoms with van der Waals surface area (Å²) in [6.45, 7) is 19.9. The molecule has 2 bridgehead atoms. The molecule has 97 heavy (non-hydrogen) atoms. The highest BCUT2D eigenvalue weighted by Crippen LogP contribution is 2.61. The van der Waals surface area contributed by atoms with Gasteiger partial charge in [-0.05, 0) is 109 Å². The van der Waals surface area contributed by atoms with Crippen molar-refractivity contribution in [3.8, 4) is 0 Å². The van der Waals surface area contributed by atoms with Crippen LogP contribution in [0.5, 0.6) is 0 Å². The lowest BCUT2D eigenvalue weighted by Gasteiger charge is -2.57. The molecule has 10 aliphatic rings. The Morgan fingerprint density at radius 2 is 1.39 bits per heavy atom. The molecule has 6 N–H and O–H groups in total. The van der Waals surface area contributed by atoms with Crippen molar-refractivity contribution in [2.75, 3.05) is 13.7 Å². The zero-order valence-electron chi connectivity index (χ0n) is 57.5. The van der Waals surface area contributed by atoms with Crippen LogP contribution < -0.4 is 5.32 Å². The van der Waals surface area contributed by atoms with Gasteiger partial charge < -0.3 is 102 Å². The van der Waals surface area contributed by atoms with Crippen LogP contribution in [0.1, 0.15) is 147 Å². The SMILES string of the molecule is COC(=O)NC1C(C)OC(OC2CC=C(C)C3C=CC4C(OC5CC(OC6CCC(OC7CC(O)C(OC8CCC(O)C(C)O8)C(C)O7)C(C)O6)C(OC(C)=O)C(COC(C)=O)O5)C(C)CC(C)C4C3(C)C(O)=C3C(=O)OC4(CC(C=O)=CC(O)C4C=C2C)C3=O)CC1(C)N([O-])O. The molecule has 6 saturated heterocycles. The van der Waals surface area contributed by atoms with Crippen molar-refractivity contribution in [2.45, 2.75) is 281 Å². The van der Waals surface area contributed by atoms with E-state index in [9.17, 15) is 54.8 Å². The van der Waals surface area contributed by atoms with Crippen molar-refractivity contribution >= 4 is 36.1 Å². The van der Waals surface area contributed by atoms with E-state index in [1.54, 1.807) is 40.7 Å². The molecule has 6 aliphatic heterocycles. The number of methoxy groups -OCH3 is 1. The van der Waals surface area contributed by atoms with E-state index >= 15 is 4.79 Å². The summed E-state index contributed by atoms with van der Waals surface area (Å²) in [5.41, 5.74) is -4.99. The molecule has 1 amide bonds. The lowest BCUT2D eigenvalue weighted by Crippen LogP contribution is -2.67. The number of fused-ring (bicyclic) bond motifs is 4. The van der Waals surface area contributed by atoms with Crippen LogP contribution in [0.25, 0.3) is 0 Å². The molecular formula is C69H99N2O26-. The summed E-state index contributed by atoms with van der Waals surface area (Å²) < 4.78 is 87.3. The van der Waals surface area contributed by atoms with Gasteiger partial charge in [-0.2, -0.15) is 0 Å². The van der Waals surface area contributed by atoms with Crippen molar-refractivity contribution < 1.29 is 121 Å². The van der Waals surface area contributed by atoms with Crippen LogP contribution in [0.4, 0.5) is 4.79 Å². The first kappa shape index (κ1) is 74.6. The number of aliphatic hydroxyl groups excluding tert-OH is 4. The van der Waals surface area contributed by atoms with E-state index in [2.05, 4.69) is 5.32 Å². The highest BCUT2D eigenvalue weighted by molar-refractivity contribution is 6.26. The molecule has 4 aliphatic carbocycles. The van der Waals surface area contributed by atoms with Crippen LogP contribution in [0, 0.1) is 46.1 Å². The number of alkyl carbamates (subject to hydrolysis) is 1. The van der Waals surface area contributed by atoms with Crippen molar-refractivity contribution in [2.24, 2.45) is 40.9 Å². The number of carbonyl (C=O) groups is 6. The van der Waals surface area contributed by atoms with Crippen molar-refractivity contribution in [1.29, 1.82) is 0 Å². The van der Waals surface area contributed by atoms with Crippen molar-refractivity contribution in [3.05, 3.63) is 63.6 Å². The Hall–Kier alpha value is -5.12. The summed E-state index contributed by atoms with van der Waals surface area (Å²) in [7, 11) is 1.15. The first-order valence-corrected chi connectivity index (χ1v) is 34.1. The molecule has 6 heterocycles. The first-order valence-electron chi connectivity index (χ1n) is 34.1. The minimum absolute atomic E-state index is 0.0185. The van der Waals surface area contributed by atoms with Gasteiger partial charge in [-0.25, -0.2) is 9.59 Å². The maximum atomic E-state index is 15.6. The zero-order chi connectivity index (χ0) is 70.5. The molecule has 28 nitrogen and oxygen atoms in total. The van der Waals surface area contributed by atoms with Crippen molar-refractivity contribution in [3.63, 3.8) is 0 Å². The molecule has 0 aromatic heterocycles. The molecule has 7 fully saturated rings.